The van der Waals surface area contributed by atoms with E-state index in [1.807, 2.05) is 16.9 Å². The molecule has 1 aromatic carbocycles. The van der Waals surface area contributed by atoms with Crippen LogP contribution in [-0.2, 0) is 8.85 Å². The molecule has 7 heteroatoms. The quantitative estimate of drug-likeness (QED) is 0.390. The lowest BCUT2D eigenvalue weighted by Crippen LogP contribution is -2.35. The summed E-state index contributed by atoms with van der Waals surface area (Å²) in [6, 6.07) is 9.31. The van der Waals surface area contributed by atoms with Crippen LogP contribution in [0.5, 0.6) is 0 Å². The lowest BCUT2D eigenvalue weighted by molar-refractivity contribution is 0.249. The smallest absolute Gasteiger partial charge is 0.334 e. The van der Waals surface area contributed by atoms with Crippen molar-refractivity contribution in [2.24, 2.45) is 0 Å². The highest BCUT2D eigenvalue weighted by molar-refractivity contribution is 8.77. The summed E-state index contributed by atoms with van der Waals surface area (Å²) in [4.78, 5) is 4.61. The lowest BCUT2D eigenvalue weighted by Gasteiger charge is -2.22. The van der Waals surface area contributed by atoms with E-state index in [4.69, 9.17) is 8.85 Å². The van der Waals surface area contributed by atoms with Gasteiger partial charge in [-0.25, -0.2) is 4.98 Å². The molecule has 0 aliphatic heterocycles. The first-order chi connectivity index (χ1) is 9.67. The third kappa shape index (κ3) is 4.47. The number of nitrogens with zero attached hydrogens (tertiary/aromatic N) is 1. The first-order valence-corrected chi connectivity index (χ1v) is 12.1. The van der Waals surface area contributed by atoms with Crippen LogP contribution in [0.15, 0.2) is 28.6 Å². The van der Waals surface area contributed by atoms with E-state index in [9.17, 15) is 0 Å². The molecule has 0 atom stereocenters. The van der Waals surface area contributed by atoms with Crippen molar-refractivity contribution in [1.82, 2.24) is 4.98 Å². The molecule has 0 aliphatic rings. The summed E-state index contributed by atoms with van der Waals surface area (Å²) in [6.45, 7) is 2.11. The van der Waals surface area contributed by atoms with Crippen molar-refractivity contribution >= 4 is 51.7 Å². The molecular formula is C13H19NO2S3Si. The second kappa shape index (κ2) is 7.81. The molecule has 0 N–H and O–H groups in total. The van der Waals surface area contributed by atoms with Gasteiger partial charge in [0.25, 0.3) is 0 Å². The predicted molar refractivity (Wildman–Crippen MR) is 93.0 cm³/mol. The van der Waals surface area contributed by atoms with E-state index in [1.54, 1.807) is 36.4 Å². The molecule has 0 aliphatic carbocycles. The average molecular weight is 346 g/mol. The zero-order chi connectivity index (χ0) is 14.4. The van der Waals surface area contributed by atoms with Crippen LogP contribution in [0.3, 0.4) is 0 Å². The largest absolute Gasteiger partial charge is 0.398 e. The Balaban J connectivity index is 1.73. The maximum Gasteiger partial charge on any atom is 0.334 e. The Morgan fingerprint density at radius 3 is 2.70 bits per heavy atom. The highest BCUT2D eigenvalue weighted by atomic mass is 33.1. The van der Waals surface area contributed by atoms with Gasteiger partial charge in [-0.05, 0) is 41.9 Å². The molecule has 0 amide bonds. The number of hydrogen-bond acceptors (Lipinski definition) is 6. The molecule has 3 nitrogen and oxygen atoms in total. The number of benzene rings is 1. The minimum absolute atomic E-state index is 1.04. The molecule has 0 saturated carbocycles. The Morgan fingerprint density at radius 2 is 2.00 bits per heavy atom. The number of fused-ring (bicyclic) bond motifs is 1. The number of thiazole rings is 1. The molecule has 1 heterocycles. The fourth-order valence-electron chi connectivity index (χ4n) is 1.72. The molecule has 110 valence electrons. The minimum Gasteiger partial charge on any atom is -0.398 e. The number of aromatic nitrogens is 1. The van der Waals surface area contributed by atoms with Gasteiger partial charge in [0.05, 0.1) is 10.2 Å². The Kier molecular flexibility index (Phi) is 6.38. The Hall–Kier alpha value is -0.0531. The standard InChI is InChI=1S/C13H19NO2S3Si/c1-15-20(3,16-2)10-6-9-17-19-13-14-11-7-4-5-8-12(11)18-13/h4-5,7-8H,6,9-10H2,1-3H3. The fraction of sp³-hybridized carbons (Fsp3) is 0.462. The van der Waals surface area contributed by atoms with Crippen molar-refractivity contribution in [1.29, 1.82) is 0 Å². The van der Waals surface area contributed by atoms with Crippen LogP contribution in [0.2, 0.25) is 12.6 Å². The van der Waals surface area contributed by atoms with Crippen molar-refractivity contribution < 1.29 is 8.85 Å². The van der Waals surface area contributed by atoms with Gasteiger partial charge in [-0.1, -0.05) is 22.9 Å². The first kappa shape index (κ1) is 16.3. The van der Waals surface area contributed by atoms with Gasteiger partial charge in [0.1, 0.15) is 0 Å². The van der Waals surface area contributed by atoms with Crippen LogP contribution in [0, 0.1) is 0 Å². The second-order valence-electron chi connectivity index (χ2n) is 4.50. The minimum atomic E-state index is -1.89. The summed E-state index contributed by atoms with van der Waals surface area (Å²) in [6.07, 6.45) is 1.12. The molecule has 0 unspecified atom stereocenters. The molecular weight excluding hydrogens is 326 g/mol. The average Bonchev–Trinajstić information content (AvgIpc) is 2.89. The number of hydrogen-bond donors (Lipinski definition) is 0. The van der Waals surface area contributed by atoms with Gasteiger partial charge >= 0.3 is 8.56 Å². The summed E-state index contributed by atoms with van der Waals surface area (Å²) in [5, 5.41) is 0. The predicted octanol–water partition coefficient (Wildman–Crippen LogP) is 4.79. The Morgan fingerprint density at radius 1 is 1.25 bits per heavy atom. The molecule has 0 fully saturated rings. The first-order valence-electron chi connectivity index (χ1n) is 6.42. The van der Waals surface area contributed by atoms with Gasteiger partial charge in [-0.15, -0.1) is 11.3 Å². The van der Waals surface area contributed by atoms with E-state index in [0.29, 0.717) is 0 Å². The van der Waals surface area contributed by atoms with Crippen LogP contribution in [-0.4, -0.2) is 33.5 Å². The van der Waals surface area contributed by atoms with Gasteiger partial charge in [0, 0.05) is 20.0 Å². The third-order valence-corrected chi connectivity index (χ3v) is 9.90. The van der Waals surface area contributed by atoms with Crippen LogP contribution < -0.4 is 0 Å². The molecule has 20 heavy (non-hydrogen) atoms. The normalized spacial score (nSPS) is 12.2. The molecule has 1 aromatic heterocycles. The molecule has 0 radical (unpaired) electrons. The van der Waals surface area contributed by atoms with Crippen molar-refractivity contribution in [3.05, 3.63) is 24.3 Å². The number of rotatable bonds is 8. The summed E-state index contributed by atoms with van der Waals surface area (Å²) in [5.41, 5.74) is 1.10. The molecule has 0 saturated heterocycles. The van der Waals surface area contributed by atoms with Crippen LogP contribution in [0.1, 0.15) is 6.42 Å². The van der Waals surface area contributed by atoms with Crippen LogP contribution in [0.4, 0.5) is 0 Å². The van der Waals surface area contributed by atoms with Crippen molar-refractivity contribution in [2.75, 3.05) is 20.0 Å². The lowest BCUT2D eigenvalue weighted by atomic mass is 10.3. The maximum atomic E-state index is 5.48. The zero-order valence-electron chi connectivity index (χ0n) is 11.9. The highest BCUT2D eigenvalue weighted by Gasteiger charge is 2.27. The Labute approximate surface area is 133 Å². The van der Waals surface area contributed by atoms with E-state index >= 15 is 0 Å². The maximum absolute atomic E-state index is 5.48. The highest BCUT2D eigenvalue weighted by Crippen LogP contribution is 2.37. The second-order valence-corrected chi connectivity index (χ2v) is 11.8. The molecule has 2 aromatic rings. The summed E-state index contributed by atoms with van der Waals surface area (Å²) < 4.78 is 13.4. The van der Waals surface area contributed by atoms with E-state index in [1.165, 1.54) is 4.70 Å². The zero-order valence-corrected chi connectivity index (χ0v) is 15.4. The van der Waals surface area contributed by atoms with Crippen LogP contribution >= 0.6 is 32.9 Å². The van der Waals surface area contributed by atoms with Gasteiger partial charge in [0.2, 0.25) is 0 Å². The van der Waals surface area contributed by atoms with E-state index < -0.39 is 8.56 Å². The molecule has 0 spiro atoms. The van der Waals surface area contributed by atoms with E-state index in [0.717, 1.165) is 28.1 Å². The van der Waals surface area contributed by atoms with Gasteiger partial charge < -0.3 is 8.85 Å². The van der Waals surface area contributed by atoms with Gasteiger partial charge in [-0.3, -0.25) is 0 Å². The fourth-order valence-corrected chi connectivity index (χ4v) is 6.81. The summed E-state index contributed by atoms with van der Waals surface area (Å²) >= 11 is 1.76. The third-order valence-electron chi connectivity index (χ3n) is 3.13. The van der Waals surface area contributed by atoms with Crippen molar-refractivity contribution in [3.8, 4) is 0 Å². The van der Waals surface area contributed by atoms with E-state index in [-0.39, 0.29) is 0 Å². The van der Waals surface area contributed by atoms with Crippen molar-refractivity contribution in [3.63, 3.8) is 0 Å². The summed E-state index contributed by atoms with van der Waals surface area (Å²) in [7, 11) is 5.24. The van der Waals surface area contributed by atoms with Gasteiger partial charge in [-0.2, -0.15) is 0 Å². The topological polar surface area (TPSA) is 31.4 Å². The molecule has 0 bridgehead atoms. The number of para-hydroxylation sites is 1. The molecule has 2 rings (SSSR count). The van der Waals surface area contributed by atoms with E-state index in [2.05, 4.69) is 29.7 Å². The van der Waals surface area contributed by atoms with Crippen LogP contribution in [0.25, 0.3) is 10.2 Å². The van der Waals surface area contributed by atoms with Crippen molar-refractivity contribution in [2.45, 2.75) is 23.4 Å². The summed E-state index contributed by atoms with van der Waals surface area (Å²) in [5.74, 6) is 1.09. The SMILES string of the molecule is CO[Si](C)(CCCSSc1nc2ccccc2s1)OC. The Bertz CT molecular complexity index is 512. The monoisotopic (exact) mass is 345 g/mol. The van der Waals surface area contributed by atoms with Gasteiger partial charge in [0.15, 0.2) is 4.34 Å².